The summed E-state index contributed by atoms with van der Waals surface area (Å²) in [7, 11) is 4.23. The van der Waals surface area contributed by atoms with Gasteiger partial charge >= 0.3 is 0 Å². The van der Waals surface area contributed by atoms with Crippen LogP contribution in [0.15, 0.2) is 24.3 Å². The summed E-state index contributed by atoms with van der Waals surface area (Å²) in [6, 6.07) is 9.49. The van der Waals surface area contributed by atoms with Crippen LogP contribution < -0.4 is 0 Å². The molecule has 0 heterocycles. The first kappa shape index (κ1) is 11.3. The van der Waals surface area contributed by atoms with Crippen LogP contribution in [-0.2, 0) is 6.42 Å². The van der Waals surface area contributed by atoms with Crippen molar-refractivity contribution in [1.29, 1.82) is 0 Å². The molecule has 0 saturated carbocycles. The first-order valence-electron chi connectivity index (χ1n) is 5.40. The van der Waals surface area contributed by atoms with E-state index in [1.165, 1.54) is 24.0 Å². The lowest BCUT2D eigenvalue weighted by Crippen LogP contribution is -2.16. The molecule has 1 aromatic carbocycles. The van der Waals surface area contributed by atoms with Gasteiger partial charge in [-0.2, -0.15) is 0 Å². The molecular weight excluding hydrogens is 170 g/mol. The Balaban J connectivity index is 2.72. The van der Waals surface area contributed by atoms with Gasteiger partial charge in [0.2, 0.25) is 0 Å². The zero-order chi connectivity index (χ0) is 10.6. The van der Waals surface area contributed by atoms with Crippen LogP contribution in [0.4, 0.5) is 0 Å². The maximum atomic E-state index is 2.25. The molecule has 0 spiro atoms. The minimum absolute atomic E-state index is 0.505. The van der Waals surface area contributed by atoms with Crippen molar-refractivity contribution in [3.8, 4) is 0 Å². The number of benzene rings is 1. The molecule has 0 N–H and O–H groups in total. The van der Waals surface area contributed by atoms with Crippen molar-refractivity contribution in [1.82, 2.24) is 4.90 Å². The molecule has 0 amide bonds. The number of rotatable bonds is 4. The summed E-state index contributed by atoms with van der Waals surface area (Å²) in [5, 5.41) is 0. The van der Waals surface area contributed by atoms with Gasteiger partial charge in [0.25, 0.3) is 0 Å². The Labute approximate surface area is 87.7 Å². The molecule has 0 bridgehead atoms. The quantitative estimate of drug-likeness (QED) is 0.706. The van der Waals surface area contributed by atoms with E-state index >= 15 is 0 Å². The standard InChI is InChI=1S/C13H21N/c1-5-6-12-7-9-13(10-8-12)11(2)14(3)4/h7-11H,5-6H2,1-4H3. The number of aryl methyl sites for hydroxylation is 1. The number of nitrogens with zero attached hydrogens (tertiary/aromatic N) is 1. The van der Waals surface area contributed by atoms with Crippen molar-refractivity contribution in [3.05, 3.63) is 35.4 Å². The van der Waals surface area contributed by atoms with Gasteiger partial charge in [-0.05, 0) is 38.6 Å². The first-order chi connectivity index (χ1) is 6.65. The summed E-state index contributed by atoms with van der Waals surface area (Å²) < 4.78 is 0. The number of hydrogen-bond acceptors (Lipinski definition) is 1. The van der Waals surface area contributed by atoms with Crippen LogP contribution in [0.3, 0.4) is 0 Å². The molecule has 1 aromatic rings. The van der Waals surface area contributed by atoms with E-state index in [9.17, 15) is 0 Å². The lowest BCUT2D eigenvalue weighted by Gasteiger charge is -2.20. The Morgan fingerprint density at radius 3 is 2.14 bits per heavy atom. The van der Waals surface area contributed by atoms with Gasteiger partial charge in [0.15, 0.2) is 0 Å². The SMILES string of the molecule is CCCc1ccc(C(C)N(C)C)cc1. The zero-order valence-electron chi connectivity index (χ0n) is 9.75. The Hall–Kier alpha value is -0.820. The van der Waals surface area contributed by atoms with Crippen molar-refractivity contribution in [2.45, 2.75) is 32.7 Å². The molecule has 0 aliphatic heterocycles. The molecule has 1 nitrogen and oxygen atoms in total. The minimum atomic E-state index is 0.505. The average molecular weight is 191 g/mol. The molecule has 0 aromatic heterocycles. The van der Waals surface area contributed by atoms with Gasteiger partial charge in [-0.1, -0.05) is 37.6 Å². The van der Waals surface area contributed by atoms with Crippen LogP contribution in [0.1, 0.15) is 37.4 Å². The van der Waals surface area contributed by atoms with Gasteiger partial charge in [0, 0.05) is 6.04 Å². The fourth-order valence-electron chi connectivity index (χ4n) is 1.55. The van der Waals surface area contributed by atoms with Crippen LogP contribution in [0, 0.1) is 0 Å². The second-order valence-corrected chi connectivity index (χ2v) is 4.13. The molecule has 1 unspecified atom stereocenters. The highest BCUT2D eigenvalue weighted by atomic mass is 15.1. The van der Waals surface area contributed by atoms with Crippen molar-refractivity contribution in [2.24, 2.45) is 0 Å². The highest BCUT2D eigenvalue weighted by molar-refractivity contribution is 5.24. The topological polar surface area (TPSA) is 3.24 Å². The molecular formula is C13H21N. The lowest BCUT2D eigenvalue weighted by molar-refractivity contribution is 0.321. The van der Waals surface area contributed by atoms with Crippen molar-refractivity contribution < 1.29 is 0 Å². The largest absolute Gasteiger partial charge is 0.303 e. The fourth-order valence-corrected chi connectivity index (χ4v) is 1.55. The molecule has 78 valence electrons. The summed E-state index contributed by atoms with van der Waals surface area (Å²) >= 11 is 0. The molecule has 14 heavy (non-hydrogen) atoms. The Morgan fingerprint density at radius 2 is 1.71 bits per heavy atom. The van der Waals surface area contributed by atoms with Crippen LogP contribution >= 0.6 is 0 Å². The molecule has 0 fully saturated rings. The van der Waals surface area contributed by atoms with Crippen molar-refractivity contribution in [3.63, 3.8) is 0 Å². The van der Waals surface area contributed by atoms with Crippen LogP contribution in [0.5, 0.6) is 0 Å². The Kier molecular flexibility index (Phi) is 4.15. The molecule has 1 heteroatoms. The third-order valence-corrected chi connectivity index (χ3v) is 2.78. The number of hydrogen-bond donors (Lipinski definition) is 0. The van der Waals surface area contributed by atoms with E-state index in [0.717, 1.165) is 0 Å². The predicted molar refractivity (Wildman–Crippen MR) is 62.5 cm³/mol. The van der Waals surface area contributed by atoms with E-state index in [2.05, 4.69) is 57.1 Å². The van der Waals surface area contributed by atoms with E-state index < -0.39 is 0 Å². The molecule has 1 atom stereocenters. The van der Waals surface area contributed by atoms with Gasteiger partial charge in [-0.25, -0.2) is 0 Å². The average Bonchev–Trinajstić information content (AvgIpc) is 2.18. The molecule has 0 radical (unpaired) electrons. The summed E-state index contributed by atoms with van der Waals surface area (Å²) in [6.07, 6.45) is 2.42. The van der Waals surface area contributed by atoms with Crippen LogP contribution in [0.25, 0.3) is 0 Å². The molecule has 0 aliphatic carbocycles. The smallest absolute Gasteiger partial charge is 0.0313 e. The summed E-state index contributed by atoms with van der Waals surface area (Å²) in [5.74, 6) is 0. The first-order valence-corrected chi connectivity index (χ1v) is 5.40. The van der Waals surface area contributed by atoms with Crippen molar-refractivity contribution >= 4 is 0 Å². The van der Waals surface area contributed by atoms with Gasteiger partial charge in [-0.3, -0.25) is 0 Å². The highest BCUT2D eigenvalue weighted by Gasteiger charge is 2.06. The maximum Gasteiger partial charge on any atom is 0.0313 e. The molecule has 1 rings (SSSR count). The Morgan fingerprint density at radius 1 is 1.14 bits per heavy atom. The normalized spacial score (nSPS) is 13.2. The third kappa shape index (κ3) is 2.85. The second-order valence-electron chi connectivity index (χ2n) is 4.13. The third-order valence-electron chi connectivity index (χ3n) is 2.78. The van der Waals surface area contributed by atoms with Crippen molar-refractivity contribution in [2.75, 3.05) is 14.1 Å². The highest BCUT2D eigenvalue weighted by Crippen LogP contribution is 2.17. The van der Waals surface area contributed by atoms with Gasteiger partial charge in [0.1, 0.15) is 0 Å². The van der Waals surface area contributed by atoms with E-state index in [-0.39, 0.29) is 0 Å². The zero-order valence-corrected chi connectivity index (χ0v) is 9.75. The summed E-state index contributed by atoms with van der Waals surface area (Å²) in [5.41, 5.74) is 2.84. The molecule has 0 saturated heterocycles. The van der Waals surface area contributed by atoms with E-state index in [1.807, 2.05) is 0 Å². The van der Waals surface area contributed by atoms with E-state index in [1.54, 1.807) is 0 Å². The summed E-state index contributed by atoms with van der Waals surface area (Å²) in [6.45, 7) is 4.45. The molecule has 0 aliphatic rings. The van der Waals surface area contributed by atoms with E-state index in [0.29, 0.717) is 6.04 Å². The minimum Gasteiger partial charge on any atom is -0.303 e. The summed E-state index contributed by atoms with van der Waals surface area (Å²) in [4.78, 5) is 2.23. The van der Waals surface area contributed by atoms with Gasteiger partial charge in [-0.15, -0.1) is 0 Å². The van der Waals surface area contributed by atoms with E-state index in [4.69, 9.17) is 0 Å². The van der Waals surface area contributed by atoms with Crippen LogP contribution in [-0.4, -0.2) is 19.0 Å². The predicted octanol–water partition coefficient (Wildman–Crippen LogP) is 3.26. The fraction of sp³-hybridized carbons (Fsp3) is 0.538. The van der Waals surface area contributed by atoms with Gasteiger partial charge < -0.3 is 4.90 Å². The monoisotopic (exact) mass is 191 g/mol. The Bertz CT molecular complexity index is 261. The van der Waals surface area contributed by atoms with Crippen LogP contribution in [0.2, 0.25) is 0 Å². The van der Waals surface area contributed by atoms with Gasteiger partial charge in [0.05, 0.1) is 0 Å². The lowest BCUT2D eigenvalue weighted by atomic mass is 10.0. The maximum absolute atomic E-state index is 2.25. The second kappa shape index (κ2) is 5.16.